The summed E-state index contributed by atoms with van der Waals surface area (Å²) < 4.78 is 5.37. The van der Waals surface area contributed by atoms with Crippen LogP contribution in [0.2, 0.25) is 0 Å². The number of ether oxygens (including phenoxy) is 1. The molecule has 0 bridgehead atoms. The lowest BCUT2D eigenvalue weighted by Crippen LogP contribution is -1.85. The van der Waals surface area contributed by atoms with Gasteiger partial charge < -0.3 is 4.74 Å². The molecular weight excluding hydrogens is 136 g/mol. The van der Waals surface area contributed by atoms with E-state index in [1.165, 1.54) is 18.6 Å². The molecule has 1 nitrogen and oxygen atoms in total. The Hall–Kier alpha value is -0.720. The Morgan fingerprint density at radius 2 is 2.45 bits per heavy atom. The summed E-state index contributed by atoms with van der Waals surface area (Å²) in [7, 11) is 0. The maximum Gasteiger partial charge on any atom is 0.0921 e. The molecule has 0 spiro atoms. The van der Waals surface area contributed by atoms with Crippen LogP contribution in [0.15, 0.2) is 24.5 Å². The number of hydrogen-bond donors (Lipinski definition) is 0. The van der Waals surface area contributed by atoms with Crippen molar-refractivity contribution >= 4 is 0 Å². The van der Waals surface area contributed by atoms with Crippen LogP contribution in [-0.4, -0.2) is 6.61 Å². The fourth-order valence-electron chi connectivity index (χ4n) is 1.23. The summed E-state index contributed by atoms with van der Waals surface area (Å²) in [6.07, 6.45) is 10.0. The molecule has 1 heteroatoms. The quantitative estimate of drug-likeness (QED) is 0.434. The highest BCUT2D eigenvalue weighted by molar-refractivity contribution is 4.97. The molecule has 0 saturated heterocycles. The van der Waals surface area contributed by atoms with Crippen molar-refractivity contribution in [2.45, 2.75) is 32.1 Å². The standard InChI is InChI=1S/C10H16O/c1-2-3-4-5-7-10-8-6-9-11-10/h2,8H,1,3-7,9H2. The first-order chi connectivity index (χ1) is 5.43. The lowest BCUT2D eigenvalue weighted by Gasteiger charge is -2.01. The van der Waals surface area contributed by atoms with E-state index in [4.69, 9.17) is 4.74 Å². The van der Waals surface area contributed by atoms with Crippen molar-refractivity contribution in [2.75, 3.05) is 6.61 Å². The molecule has 1 heterocycles. The highest BCUT2D eigenvalue weighted by Gasteiger charge is 2.03. The molecule has 0 saturated carbocycles. The highest BCUT2D eigenvalue weighted by Crippen LogP contribution is 2.16. The van der Waals surface area contributed by atoms with Gasteiger partial charge in [-0.3, -0.25) is 0 Å². The molecule has 0 radical (unpaired) electrons. The van der Waals surface area contributed by atoms with E-state index in [1.807, 2.05) is 6.08 Å². The Kier molecular flexibility index (Phi) is 3.81. The molecule has 0 aliphatic carbocycles. The molecule has 0 N–H and O–H groups in total. The van der Waals surface area contributed by atoms with E-state index in [1.54, 1.807) is 0 Å². The summed E-state index contributed by atoms with van der Waals surface area (Å²) in [6.45, 7) is 4.58. The summed E-state index contributed by atoms with van der Waals surface area (Å²) in [5.41, 5.74) is 0. The summed E-state index contributed by atoms with van der Waals surface area (Å²) in [5, 5.41) is 0. The molecule has 0 aromatic rings. The first kappa shape index (κ1) is 8.38. The SMILES string of the molecule is C=CCCCCC1=CCCO1. The predicted octanol–water partition coefficient (Wildman–Crippen LogP) is 3.04. The molecule has 0 unspecified atom stereocenters. The highest BCUT2D eigenvalue weighted by atomic mass is 16.5. The maximum atomic E-state index is 5.37. The van der Waals surface area contributed by atoms with Gasteiger partial charge in [0.1, 0.15) is 0 Å². The third-order valence-electron chi connectivity index (χ3n) is 1.86. The van der Waals surface area contributed by atoms with Gasteiger partial charge in [0.05, 0.1) is 12.4 Å². The van der Waals surface area contributed by atoms with Crippen molar-refractivity contribution in [3.8, 4) is 0 Å². The number of hydrogen-bond acceptors (Lipinski definition) is 1. The minimum Gasteiger partial charge on any atom is -0.498 e. The molecule has 1 aliphatic rings. The molecule has 0 fully saturated rings. The zero-order valence-corrected chi connectivity index (χ0v) is 7.01. The Labute approximate surface area is 68.8 Å². The Morgan fingerprint density at radius 3 is 3.09 bits per heavy atom. The normalized spacial score (nSPS) is 15.8. The lowest BCUT2D eigenvalue weighted by molar-refractivity contribution is 0.232. The third kappa shape index (κ3) is 3.26. The van der Waals surface area contributed by atoms with Gasteiger partial charge in [-0.2, -0.15) is 0 Å². The average molecular weight is 152 g/mol. The molecule has 1 aliphatic heterocycles. The second kappa shape index (κ2) is 5.00. The zero-order chi connectivity index (χ0) is 7.94. The molecule has 0 amide bonds. The molecule has 62 valence electrons. The van der Waals surface area contributed by atoms with Gasteiger partial charge in [-0.05, 0) is 25.3 Å². The van der Waals surface area contributed by atoms with Crippen molar-refractivity contribution in [1.82, 2.24) is 0 Å². The van der Waals surface area contributed by atoms with Crippen molar-refractivity contribution in [2.24, 2.45) is 0 Å². The van der Waals surface area contributed by atoms with E-state index in [0.717, 1.165) is 25.9 Å². The van der Waals surface area contributed by atoms with E-state index >= 15 is 0 Å². The number of unbranched alkanes of at least 4 members (excludes halogenated alkanes) is 2. The van der Waals surface area contributed by atoms with Crippen LogP contribution in [-0.2, 0) is 4.74 Å². The summed E-state index contributed by atoms with van der Waals surface area (Å²) in [4.78, 5) is 0. The van der Waals surface area contributed by atoms with Gasteiger partial charge in [-0.15, -0.1) is 6.58 Å². The van der Waals surface area contributed by atoms with Gasteiger partial charge in [0.25, 0.3) is 0 Å². The monoisotopic (exact) mass is 152 g/mol. The molecule has 0 atom stereocenters. The predicted molar refractivity (Wildman–Crippen MR) is 47.3 cm³/mol. The minimum atomic E-state index is 0.900. The molecule has 11 heavy (non-hydrogen) atoms. The first-order valence-corrected chi connectivity index (χ1v) is 4.36. The van der Waals surface area contributed by atoms with E-state index in [-0.39, 0.29) is 0 Å². The van der Waals surface area contributed by atoms with Crippen molar-refractivity contribution < 1.29 is 4.74 Å². The van der Waals surface area contributed by atoms with Crippen LogP contribution in [0.4, 0.5) is 0 Å². The minimum absolute atomic E-state index is 0.900. The smallest absolute Gasteiger partial charge is 0.0921 e. The van der Waals surface area contributed by atoms with Crippen LogP contribution in [0.5, 0.6) is 0 Å². The van der Waals surface area contributed by atoms with Crippen LogP contribution in [0.3, 0.4) is 0 Å². The lowest BCUT2D eigenvalue weighted by atomic mass is 10.1. The van der Waals surface area contributed by atoms with Crippen molar-refractivity contribution in [3.63, 3.8) is 0 Å². The topological polar surface area (TPSA) is 9.23 Å². The van der Waals surface area contributed by atoms with E-state index in [2.05, 4.69) is 12.7 Å². The van der Waals surface area contributed by atoms with Crippen LogP contribution in [0, 0.1) is 0 Å². The second-order valence-corrected chi connectivity index (χ2v) is 2.84. The van der Waals surface area contributed by atoms with Crippen LogP contribution in [0.1, 0.15) is 32.1 Å². The van der Waals surface area contributed by atoms with E-state index in [9.17, 15) is 0 Å². The maximum absolute atomic E-state index is 5.37. The number of allylic oxidation sites excluding steroid dienone is 2. The van der Waals surface area contributed by atoms with E-state index < -0.39 is 0 Å². The van der Waals surface area contributed by atoms with Gasteiger partial charge >= 0.3 is 0 Å². The van der Waals surface area contributed by atoms with Crippen LogP contribution >= 0.6 is 0 Å². The fraction of sp³-hybridized carbons (Fsp3) is 0.600. The Morgan fingerprint density at radius 1 is 1.55 bits per heavy atom. The zero-order valence-electron chi connectivity index (χ0n) is 7.01. The van der Waals surface area contributed by atoms with Crippen molar-refractivity contribution in [1.29, 1.82) is 0 Å². The summed E-state index contributed by atoms with van der Waals surface area (Å²) >= 11 is 0. The van der Waals surface area contributed by atoms with E-state index in [0.29, 0.717) is 0 Å². The molecule has 0 aromatic heterocycles. The molecule has 1 rings (SSSR count). The van der Waals surface area contributed by atoms with Gasteiger partial charge in [0, 0.05) is 12.8 Å². The Balaban J connectivity index is 1.98. The molecule has 0 aromatic carbocycles. The van der Waals surface area contributed by atoms with Gasteiger partial charge in [0.15, 0.2) is 0 Å². The second-order valence-electron chi connectivity index (χ2n) is 2.84. The third-order valence-corrected chi connectivity index (χ3v) is 1.86. The first-order valence-electron chi connectivity index (χ1n) is 4.36. The largest absolute Gasteiger partial charge is 0.498 e. The number of rotatable bonds is 5. The molecular formula is C10H16O. The van der Waals surface area contributed by atoms with Crippen molar-refractivity contribution in [3.05, 3.63) is 24.5 Å². The average Bonchev–Trinajstić information content (AvgIpc) is 2.50. The Bertz CT molecular complexity index is 147. The van der Waals surface area contributed by atoms with Crippen LogP contribution < -0.4 is 0 Å². The fourth-order valence-corrected chi connectivity index (χ4v) is 1.23. The van der Waals surface area contributed by atoms with Crippen LogP contribution in [0.25, 0.3) is 0 Å². The summed E-state index contributed by atoms with van der Waals surface area (Å²) in [5.74, 6) is 1.20. The summed E-state index contributed by atoms with van der Waals surface area (Å²) in [6, 6.07) is 0. The van der Waals surface area contributed by atoms with Gasteiger partial charge in [-0.25, -0.2) is 0 Å². The van der Waals surface area contributed by atoms with Gasteiger partial charge in [-0.1, -0.05) is 6.08 Å². The van der Waals surface area contributed by atoms with Gasteiger partial charge in [0.2, 0.25) is 0 Å².